The molecule has 2 aliphatic rings. The van der Waals surface area contributed by atoms with Gasteiger partial charge < -0.3 is 19.5 Å². The van der Waals surface area contributed by atoms with Crippen molar-refractivity contribution in [3.8, 4) is 0 Å². The van der Waals surface area contributed by atoms with E-state index in [0.717, 1.165) is 0 Å². The summed E-state index contributed by atoms with van der Waals surface area (Å²) in [5.41, 5.74) is 0.878. The topological polar surface area (TPSA) is 82.5 Å². The van der Waals surface area contributed by atoms with Crippen LogP contribution in [0.25, 0.3) is 0 Å². The van der Waals surface area contributed by atoms with Crippen molar-refractivity contribution in [2.24, 2.45) is 0 Å². The van der Waals surface area contributed by atoms with Crippen molar-refractivity contribution >= 4 is 23.3 Å². The number of aliphatic hydroxyl groups is 1. The van der Waals surface area contributed by atoms with Gasteiger partial charge in [-0.25, -0.2) is 9.18 Å². The van der Waals surface area contributed by atoms with E-state index in [2.05, 4.69) is 0 Å². The van der Waals surface area contributed by atoms with Crippen LogP contribution in [-0.4, -0.2) is 74.1 Å². The van der Waals surface area contributed by atoms with E-state index in [4.69, 9.17) is 14.7 Å². The molecule has 1 N–H and O–H groups in total. The molecule has 0 aromatic heterocycles. The van der Waals surface area contributed by atoms with E-state index in [1.54, 1.807) is 17.2 Å². The van der Waals surface area contributed by atoms with Crippen LogP contribution in [0.3, 0.4) is 0 Å². The van der Waals surface area contributed by atoms with Gasteiger partial charge in [0.2, 0.25) is 0 Å². The minimum absolute atomic E-state index is 0.00238. The molecule has 9 heteroatoms. The SMILES string of the molecule is CC(=O)CC[C@H]1CN(c2ccc(N3CCON(CCO)CC3)c(F)c2)C(=O)O1. The Morgan fingerprint density at radius 2 is 2.14 bits per heavy atom. The maximum Gasteiger partial charge on any atom is 0.414 e. The van der Waals surface area contributed by atoms with Crippen LogP contribution in [0.2, 0.25) is 0 Å². The number of hydrogen-bond donors (Lipinski definition) is 1. The third-order valence-corrected chi connectivity index (χ3v) is 4.88. The molecule has 3 rings (SSSR count). The Bertz CT molecular complexity index is 717. The number of hydrogen-bond acceptors (Lipinski definition) is 7. The number of anilines is 2. The zero-order valence-corrected chi connectivity index (χ0v) is 16.0. The van der Waals surface area contributed by atoms with Crippen LogP contribution in [0.15, 0.2) is 18.2 Å². The summed E-state index contributed by atoms with van der Waals surface area (Å²) in [6.45, 7) is 4.26. The standard InChI is InChI=1S/C19H26FN3O5/c1-14(25)2-4-16-13-23(19(26)28-16)15-3-5-18(17(20)12-15)21-6-7-22(8-10-24)27-11-9-21/h3,5,12,16,24H,2,4,6-11,13H2,1H3/t16-/m0/s1. The maximum atomic E-state index is 14.8. The molecule has 0 unspecified atom stereocenters. The minimum Gasteiger partial charge on any atom is -0.444 e. The van der Waals surface area contributed by atoms with E-state index in [9.17, 15) is 14.0 Å². The van der Waals surface area contributed by atoms with E-state index in [-0.39, 0.29) is 18.5 Å². The van der Waals surface area contributed by atoms with Crippen molar-refractivity contribution < 1.29 is 28.7 Å². The third-order valence-electron chi connectivity index (χ3n) is 4.88. The lowest BCUT2D eigenvalue weighted by Crippen LogP contribution is -2.32. The molecule has 28 heavy (non-hydrogen) atoms. The smallest absolute Gasteiger partial charge is 0.414 e. The number of aliphatic hydroxyl groups excluding tert-OH is 1. The van der Waals surface area contributed by atoms with Gasteiger partial charge in [-0.05, 0) is 31.5 Å². The molecule has 0 spiro atoms. The summed E-state index contributed by atoms with van der Waals surface area (Å²) in [5, 5.41) is 10.7. The number of benzene rings is 1. The predicted molar refractivity (Wildman–Crippen MR) is 101 cm³/mol. The molecule has 2 aliphatic heterocycles. The van der Waals surface area contributed by atoms with Gasteiger partial charge in [0.1, 0.15) is 17.7 Å². The molecule has 0 saturated carbocycles. The molecule has 0 radical (unpaired) electrons. The first-order valence-electron chi connectivity index (χ1n) is 9.48. The Morgan fingerprint density at radius 1 is 1.32 bits per heavy atom. The number of nitrogens with zero attached hydrogens (tertiary/aromatic N) is 3. The highest BCUT2D eigenvalue weighted by Gasteiger charge is 2.32. The summed E-state index contributed by atoms with van der Waals surface area (Å²) in [7, 11) is 0. The first-order chi connectivity index (χ1) is 13.5. The van der Waals surface area contributed by atoms with E-state index >= 15 is 0 Å². The number of amides is 1. The number of ketones is 1. The van der Waals surface area contributed by atoms with Crippen LogP contribution in [0.5, 0.6) is 0 Å². The summed E-state index contributed by atoms with van der Waals surface area (Å²) < 4.78 is 20.1. The highest BCUT2D eigenvalue weighted by Crippen LogP contribution is 2.29. The zero-order valence-electron chi connectivity index (χ0n) is 16.0. The highest BCUT2D eigenvalue weighted by molar-refractivity contribution is 5.90. The fourth-order valence-electron chi connectivity index (χ4n) is 3.38. The second-order valence-electron chi connectivity index (χ2n) is 6.97. The number of hydroxylamine groups is 2. The van der Waals surface area contributed by atoms with Gasteiger partial charge in [-0.15, -0.1) is 0 Å². The highest BCUT2D eigenvalue weighted by atomic mass is 19.1. The molecule has 2 fully saturated rings. The second-order valence-corrected chi connectivity index (χ2v) is 6.97. The Morgan fingerprint density at radius 3 is 2.86 bits per heavy atom. The van der Waals surface area contributed by atoms with Crippen LogP contribution >= 0.6 is 0 Å². The summed E-state index contributed by atoms with van der Waals surface area (Å²) in [6.07, 6.45) is -0.0671. The van der Waals surface area contributed by atoms with Gasteiger partial charge in [0.25, 0.3) is 0 Å². The van der Waals surface area contributed by atoms with Gasteiger partial charge in [0, 0.05) is 32.6 Å². The lowest BCUT2D eigenvalue weighted by atomic mass is 10.1. The van der Waals surface area contributed by atoms with E-state index in [1.165, 1.54) is 17.9 Å². The van der Waals surface area contributed by atoms with Gasteiger partial charge in [0.05, 0.1) is 31.1 Å². The molecular weight excluding hydrogens is 369 g/mol. The molecule has 154 valence electrons. The maximum absolute atomic E-state index is 14.8. The number of Topliss-reactive ketones (excluding diaryl/α,β-unsaturated/α-hetero) is 1. The number of ether oxygens (including phenoxy) is 1. The van der Waals surface area contributed by atoms with E-state index < -0.39 is 11.9 Å². The number of cyclic esters (lactones) is 1. The van der Waals surface area contributed by atoms with Gasteiger partial charge in [-0.2, -0.15) is 5.06 Å². The zero-order chi connectivity index (χ0) is 20.1. The van der Waals surface area contributed by atoms with Crippen molar-refractivity contribution in [2.75, 3.05) is 55.7 Å². The average molecular weight is 395 g/mol. The van der Waals surface area contributed by atoms with Crippen LogP contribution < -0.4 is 9.80 Å². The van der Waals surface area contributed by atoms with Gasteiger partial charge >= 0.3 is 6.09 Å². The van der Waals surface area contributed by atoms with Crippen LogP contribution in [0, 0.1) is 5.82 Å². The molecule has 2 heterocycles. The van der Waals surface area contributed by atoms with Crippen molar-refractivity contribution in [3.63, 3.8) is 0 Å². The van der Waals surface area contributed by atoms with Crippen molar-refractivity contribution in [3.05, 3.63) is 24.0 Å². The number of β-amino-alcohol motifs (C(OH)–C–C–N with tert-alkyl or cyclic N) is 1. The summed E-state index contributed by atoms with van der Waals surface area (Å²) in [5.74, 6) is -0.378. The normalized spacial score (nSPS) is 21.0. The van der Waals surface area contributed by atoms with Gasteiger partial charge in [0.15, 0.2) is 0 Å². The third kappa shape index (κ3) is 4.98. The molecule has 8 nitrogen and oxygen atoms in total. The van der Waals surface area contributed by atoms with Crippen LogP contribution in [0.4, 0.5) is 20.6 Å². The Kier molecular flexibility index (Phi) is 6.82. The molecule has 2 saturated heterocycles. The average Bonchev–Trinajstić information content (AvgIpc) is 2.87. The monoisotopic (exact) mass is 395 g/mol. The van der Waals surface area contributed by atoms with Gasteiger partial charge in [-0.3, -0.25) is 9.74 Å². The summed E-state index contributed by atoms with van der Waals surface area (Å²) >= 11 is 0. The number of rotatable bonds is 7. The molecule has 0 bridgehead atoms. The number of carbonyl (C=O) groups excluding carboxylic acids is 2. The van der Waals surface area contributed by atoms with Crippen molar-refractivity contribution in [2.45, 2.75) is 25.9 Å². The van der Waals surface area contributed by atoms with Crippen molar-refractivity contribution in [1.82, 2.24) is 5.06 Å². The molecule has 1 aromatic carbocycles. The van der Waals surface area contributed by atoms with Crippen LogP contribution in [-0.2, 0) is 14.4 Å². The van der Waals surface area contributed by atoms with Crippen LogP contribution in [0.1, 0.15) is 19.8 Å². The molecule has 0 aliphatic carbocycles. The lowest BCUT2D eigenvalue weighted by molar-refractivity contribution is -0.152. The summed E-state index contributed by atoms with van der Waals surface area (Å²) in [6, 6.07) is 4.69. The molecule has 1 amide bonds. The Balaban J connectivity index is 1.65. The first-order valence-corrected chi connectivity index (χ1v) is 9.48. The largest absolute Gasteiger partial charge is 0.444 e. The Labute approximate surface area is 163 Å². The second kappa shape index (κ2) is 9.31. The minimum atomic E-state index is -0.525. The quantitative estimate of drug-likeness (QED) is 0.750. The fraction of sp³-hybridized carbons (Fsp3) is 0.579. The lowest BCUT2D eigenvalue weighted by Gasteiger charge is -2.23. The Hall–Kier alpha value is -2.23. The molecule has 1 atom stereocenters. The predicted octanol–water partition coefficient (Wildman–Crippen LogP) is 1.57. The van der Waals surface area contributed by atoms with Crippen molar-refractivity contribution in [1.29, 1.82) is 0 Å². The fourth-order valence-corrected chi connectivity index (χ4v) is 3.38. The van der Waals surface area contributed by atoms with E-state index in [1.807, 2.05) is 4.90 Å². The van der Waals surface area contributed by atoms with Gasteiger partial charge in [-0.1, -0.05) is 0 Å². The number of carbonyl (C=O) groups is 2. The molecular formula is C19H26FN3O5. The first kappa shape index (κ1) is 20.5. The molecule has 1 aromatic rings. The summed E-state index contributed by atoms with van der Waals surface area (Å²) in [4.78, 5) is 32.0. The van der Waals surface area contributed by atoms with E-state index in [0.29, 0.717) is 63.5 Å². The number of halogens is 1.